The molecule has 1 aromatic heterocycles. The maximum Gasteiger partial charge on any atom is 0.116 e. The number of anilines is 1. The quantitative estimate of drug-likeness (QED) is 0.628. The van der Waals surface area contributed by atoms with Crippen LogP contribution in [-0.2, 0) is 0 Å². The molecule has 2 aromatic rings. The molecule has 0 fully saturated rings. The summed E-state index contributed by atoms with van der Waals surface area (Å²) in [6.45, 7) is 0. The van der Waals surface area contributed by atoms with Gasteiger partial charge in [-0.3, -0.25) is 0 Å². The van der Waals surface area contributed by atoms with Crippen molar-refractivity contribution in [2.75, 3.05) is 5.73 Å². The predicted molar refractivity (Wildman–Crippen MR) is 49.0 cm³/mol. The Balaban J connectivity index is 2.91. The van der Waals surface area contributed by atoms with Crippen molar-refractivity contribution in [2.24, 2.45) is 0 Å². The maximum atomic E-state index is 5.92. The molecule has 3 nitrogen and oxygen atoms in total. The number of halogens is 1. The number of hydrogen-bond acceptors (Lipinski definition) is 3. The van der Waals surface area contributed by atoms with Crippen molar-refractivity contribution in [2.45, 2.75) is 0 Å². The third-order valence-corrected chi connectivity index (χ3v) is 2.08. The highest BCUT2D eigenvalue weighted by Crippen LogP contribution is 2.26. The average Bonchev–Trinajstić information content (AvgIpc) is 2.12. The van der Waals surface area contributed by atoms with Crippen LogP contribution in [-0.4, -0.2) is 9.97 Å². The summed E-state index contributed by atoms with van der Waals surface area (Å²) < 4.78 is 0. The van der Waals surface area contributed by atoms with Crippen LogP contribution in [0.15, 0.2) is 24.7 Å². The van der Waals surface area contributed by atoms with Crippen LogP contribution in [0.2, 0.25) is 5.02 Å². The summed E-state index contributed by atoms with van der Waals surface area (Å²) in [7, 11) is 0. The Labute approximate surface area is 74.2 Å². The van der Waals surface area contributed by atoms with E-state index in [-0.39, 0.29) is 0 Å². The highest BCUT2D eigenvalue weighted by molar-refractivity contribution is 6.37. The van der Waals surface area contributed by atoms with Gasteiger partial charge in [0, 0.05) is 11.6 Å². The van der Waals surface area contributed by atoms with Crippen LogP contribution < -0.4 is 5.73 Å². The Morgan fingerprint density at radius 1 is 1.33 bits per heavy atom. The molecule has 0 aliphatic heterocycles. The highest BCUT2D eigenvalue weighted by Gasteiger charge is 2.02. The smallest absolute Gasteiger partial charge is 0.116 e. The molecule has 0 saturated carbocycles. The van der Waals surface area contributed by atoms with Gasteiger partial charge in [-0.2, -0.15) is 0 Å². The molecule has 60 valence electrons. The molecule has 0 saturated heterocycles. The fraction of sp³-hybridized carbons (Fsp3) is 0. The van der Waals surface area contributed by atoms with Crippen molar-refractivity contribution in [1.82, 2.24) is 9.97 Å². The van der Waals surface area contributed by atoms with Crippen LogP contribution in [0.3, 0.4) is 0 Å². The summed E-state index contributed by atoms with van der Waals surface area (Å²) in [4.78, 5) is 7.90. The van der Waals surface area contributed by atoms with Gasteiger partial charge in [-0.25, -0.2) is 9.97 Å². The number of benzene rings is 1. The number of nitrogens with two attached hydrogens (primary N) is 1. The maximum absolute atomic E-state index is 5.92. The van der Waals surface area contributed by atoms with Crippen molar-refractivity contribution in [3.63, 3.8) is 0 Å². The Hall–Kier alpha value is -1.35. The standard InChI is InChI=1S/C8H6ClN3/c9-8-5-3-11-4-12-7(5)2-1-6(8)10/h1-4H,10H2. The van der Waals surface area contributed by atoms with Crippen LogP contribution in [0, 0.1) is 0 Å². The van der Waals surface area contributed by atoms with E-state index < -0.39 is 0 Å². The van der Waals surface area contributed by atoms with E-state index in [1.807, 2.05) is 6.07 Å². The lowest BCUT2D eigenvalue weighted by Gasteiger charge is -2.00. The molecule has 2 rings (SSSR count). The average molecular weight is 180 g/mol. The van der Waals surface area contributed by atoms with Crippen LogP contribution >= 0.6 is 11.6 Å². The summed E-state index contributed by atoms with van der Waals surface area (Å²) in [5, 5.41) is 1.31. The van der Waals surface area contributed by atoms with Crippen molar-refractivity contribution in [3.05, 3.63) is 29.7 Å². The number of nitrogens with zero attached hydrogens (tertiary/aromatic N) is 2. The predicted octanol–water partition coefficient (Wildman–Crippen LogP) is 1.87. The summed E-state index contributed by atoms with van der Waals surface area (Å²) in [5.41, 5.74) is 6.96. The summed E-state index contributed by atoms with van der Waals surface area (Å²) in [5.74, 6) is 0. The van der Waals surface area contributed by atoms with Crippen molar-refractivity contribution >= 4 is 28.2 Å². The van der Waals surface area contributed by atoms with Gasteiger partial charge in [0.2, 0.25) is 0 Å². The van der Waals surface area contributed by atoms with Gasteiger partial charge < -0.3 is 5.73 Å². The Morgan fingerprint density at radius 2 is 2.17 bits per heavy atom. The number of nitrogen functional groups attached to an aromatic ring is 1. The first-order chi connectivity index (χ1) is 5.79. The van der Waals surface area contributed by atoms with Crippen LogP contribution in [0.4, 0.5) is 5.69 Å². The minimum Gasteiger partial charge on any atom is -0.398 e. The first-order valence-corrected chi connectivity index (χ1v) is 3.80. The molecule has 0 atom stereocenters. The minimum absolute atomic E-state index is 0.521. The van der Waals surface area contributed by atoms with Gasteiger partial charge >= 0.3 is 0 Å². The van der Waals surface area contributed by atoms with Gasteiger partial charge in [0.25, 0.3) is 0 Å². The zero-order chi connectivity index (χ0) is 8.55. The number of fused-ring (bicyclic) bond motifs is 1. The first-order valence-electron chi connectivity index (χ1n) is 3.43. The summed E-state index contributed by atoms with van der Waals surface area (Å²) in [6, 6.07) is 3.55. The molecule has 2 N–H and O–H groups in total. The molecule has 12 heavy (non-hydrogen) atoms. The molecule has 0 aliphatic carbocycles. The lowest BCUT2D eigenvalue weighted by Crippen LogP contribution is -1.88. The zero-order valence-electron chi connectivity index (χ0n) is 6.16. The molecule has 0 amide bonds. The molecule has 4 heteroatoms. The van der Waals surface area contributed by atoms with Gasteiger partial charge in [-0.05, 0) is 12.1 Å². The molecular formula is C8H6ClN3. The Kier molecular flexibility index (Phi) is 1.59. The number of hydrogen-bond donors (Lipinski definition) is 1. The van der Waals surface area contributed by atoms with Crippen LogP contribution in [0.25, 0.3) is 10.9 Å². The van der Waals surface area contributed by atoms with E-state index >= 15 is 0 Å². The monoisotopic (exact) mass is 179 g/mol. The Morgan fingerprint density at radius 3 is 3.00 bits per heavy atom. The van der Waals surface area contributed by atoms with E-state index in [2.05, 4.69) is 9.97 Å². The van der Waals surface area contributed by atoms with E-state index in [4.69, 9.17) is 17.3 Å². The van der Waals surface area contributed by atoms with Crippen LogP contribution in [0.5, 0.6) is 0 Å². The van der Waals surface area contributed by atoms with E-state index in [0.717, 1.165) is 10.9 Å². The molecule has 0 radical (unpaired) electrons. The molecular weight excluding hydrogens is 174 g/mol. The Bertz CT molecular complexity index is 428. The van der Waals surface area contributed by atoms with E-state index in [9.17, 15) is 0 Å². The highest BCUT2D eigenvalue weighted by atomic mass is 35.5. The molecule has 0 spiro atoms. The van der Waals surface area contributed by atoms with Crippen molar-refractivity contribution in [3.8, 4) is 0 Å². The third kappa shape index (κ3) is 0.987. The first kappa shape index (κ1) is 7.31. The van der Waals surface area contributed by atoms with Crippen molar-refractivity contribution < 1.29 is 0 Å². The third-order valence-electron chi connectivity index (χ3n) is 1.65. The molecule has 0 bridgehead atoms. The lowest BCUT2D eigenvalue weighted by molar-refractivity contribution is 1.22. The van der Waals surface area contributed by atoms with Gasteiger partial charge in [-0.1, -0.05) is 11.6 Å². The fourth-order valence-corrected chi connectivity index (χ4v) is 1.25. The summed E-state index contributed by atoms with van der Waals surface area (Å²) in [6.07, 6.45) is 3.13. The normalized spacial score (nSPS) is 10.4. The second-order valence-corrected chi connectivity index (χ2v) is 2.80. The van der Waals surface area contributed by atoms with E-state index in [1.165, 1.54) is 6.33 Å². The van der Waals surface area contributed by atoms with Crippen LogP contribution in [0.1, 0.15) is 0 Å². The SMILES string of the molecule is Nc1ccc2ncncc2c1Cl. The molecule has 0 unspecified atom stereocenters. The van der Waals surface area contributed by atoms with Crippen molar-refractivity contribution in [1.29, 1.82) is 0 Å². The van der Waals surface area contributed by atoms with Gasteiger partial charge in [-0.15, -0.1) is 0 Å². The van der Waals surface area contributed by atoms with Gasteiger partial charge in [0.15, 0.2) is 0 Å². The van der Waals surface area contributed by atoms with Gasteiger partial charge in [0.05, 0.1) is 16.2 Å². The largest absolute Gasteiger partial charge is 0.398 e. The second-order valence-electron chi connectivity index (χ2n) is 2.42. The van der Waals surface area contributed by atoms with Gasteiger partial charge in [0.1, 0.15) is 6.33 Å². The molecule has 1 aromatic carbocycles. The fourth-order valence-electron chi connectivity index (χ4n) is 1.04. The number of rotatable bonds is 0. The second kappa shape index (κ2) is 2.60. The topological polar surface area (TPSA) is 51.8 Å². The number of aromatic nitrogens is 2. The zero-order valence-corrected chi connectivity index (χ0v) is 6.92. The molecule has 0 aliphatic rings. The minimum atomic E-state index is 0.521. The summed E-state index contributed by atoms with van der Waals surface area (Å²) >= 11 is 5.92. The van der Waals surface area contributed by atoms with E-state index in [1.54, 1.807) is 12.3 Å². The molecule has 1 heterocycles. The van der Waals surface area contributed by atoms with E-state index in [0.29, 0.717) is 10.7 Å². The lowest BCUT2D eigenvalue weighted by atomic mass is 10.2.